The number of amides is 5. The predicted octanol–water partition coefficient (Wildman–Crippen LogP) is -0.329. The summed E-state index contributed by atoms with van der Waals surface area (Å²) in [5.74, 6) is -2.31. The number of hydrogen-bond donors (Lipinski definition) is 3. The standard InChI is InChI=1S/C18H28N4O6/c1-11(2)20-13(23)8-19-14(24)10-28-15(25)9-22-16(26)18(21-17(22)27)7-5-4-6-12(18)3/h11-12H,4-10H2,1-3H3,(H,19,24)(H,20,23)(H,21,27)/t12-,18-/m0/s1. The van der Waals surface area contributed by atoms with Crippen molar-refractivity contribution in [3.63, 3.8) is 0 Å². The molecule has 0 aromatic heterocycles. The molecule has 5 amide bonds. The van der Waals surface area contributed by atoms with Gasteiger partial charge in [-0.3, -0.25) is 24.1 Å². The molecule has 2 atom stereocenters. The molecule has 10 heteroatoms. The molecule has 0 bridgehead atoms. The molecule has 1 aliphatic heterocycles. The predicted molar refractivity (Wildman–Crippen MR) is 97.9 cm³/mol. The summed E-state index contributed by atoms with van der Waals surface area (Å²) in [7, 11) is 0. The number of imide groups is 1. The highest BCUT2D eigenvalue weighted by atomic mass is 16.5. The summed E-state index contributed by atoms with van der Waals surface area (Å²) >= 11 is 0. The molecular formula is C18H28N4O6. The molecule has 10 nitrogen and oxygen atoms in total. The molecule has 1 saturated carbocycles. The molecule has 3 N–H and O–H groups in total. The fourth-order valence-electron chi connectivity index (χ4n) is 3.56. The second-order valence-electron chi connectivity index (χ2n) is 7.60. The minimum atomic E-state index is -0.948. The van der Waals surface area contributed by atoms with Gasteiger partial charge in [0.25, 0.3) is 11.8 Å². The first-order valence-corrected chi connectivity index (χ1v) is 9.51. The van der Waals surface area contributed by atoms with Crippen molar-refractivity contribution in [2.45, 2.75) is 58.0 Å². The van der Waals surface area contributed by atoms with Crippen LogP contribution in [0, 0.1) is 5.92 Å². The maximum atomic E-state index is 12.8. The van der Waals surface area contributed by atoms with E-state index in [1.165, 1.54) is 0 Å². The average Bonchev–Trinajstić information content (AvgIpc) is 2.85. The van der Waals surface area contributed by atoms with Gasteiger partial charge in [0.15, 0.2) is 6.61 Å². The molecule has 0 aromatic carbocycles. The van der Waals surface area contributed by atoms with Gasteiger partial charge in [-0.05, 0) is 32.6 Å². The summed E-state index contributed by atoms with van der Waals surface area (Å²) in [6, 6.07) is -0.674. The first-order valence-electron chi connectivity index (χ1n) is 9.51. The summed E-state index contributed by atoms with van der Waals surface area (Å²) < 4.78 is 4.82. The Labute approximate surface area is 163 Å². The molecule has 1 aliphatic carbocycles. The van der Waals surface area contributed by atoms with Crippen LogP contribution in [-0.4, -0.2) is 65.9 Å². The van der Waals surface area contributed by atoms with Crippen LogP contribution in [0.25, 0.3) is 0 Å². The molecule has 0 aromatic rings. The molecule has 156 valence electrons. The number of nitrogens with zero attached hydrogens (tertiary/aromatic N) is 1. The number of esters is 1. The Morgan fingerprint density at radius 3 is 2.61 bits per heavy atom. The third-order valence-electron chi connectivity index (χ3n) is 5.05. The highest BCUT2D eigenvalue weighted by Crippen LogP contribution is 2.38. The van der Waals surface area contributed by atoms with Gasteiger partial charge in [-0.15, -0.1) is 0 Å². The molecule has 2 rings (SSSR count). The fourth-order valence-corrected chi connectivity index (χ4v) is 3.56. The summed E-state index contributed by atoms with van der Waals surface area (Å²) in [6.07, 6.45) is 3.21. The normalized spacial score (nSPS) is 24.3. The second-order valence-corrected chi connectivity index (χ2v) is 7.60. The lowest BCUT2D eigenvalue weighted by molar-refractivity contribution is -0.151. The van der Waals surface area contributed by atoms with Gasteiger partial charge in [0.05, 0.1) is 6.54 Å². The van der Waals surface area contributed by atoms with Gasteiger partial charge < -0.3 is 20.7 Å². The number of carbonyl (C=O) groups is 5. The zero-order valence-corrected chi connectivity index (χ0v) is 16.5. The number of urea groups is 1. The number of nitrogens with one attached hydrogen (secondary N) is 3. The van der Waals surface area contributed by atoms with E-state index in [9.17, 15) is 24.0 Å². The van der Waals surface area contributed by atoms with Gasteiger partial charge in [-0.1, -0.05) is 19.8 Å². The molecule has 1 spiro atoms. The number of ether oxygens (including phenoxy) is 1. The number of carbonyl (C=O) groups excluding carboxylic acids is 5. The van der Waals surface area contributed by atoms with Crippen LogP contribution in [0.1, 0.15) is 46.5 Å². The Morgan fingerprint density at radius 1 is 1.25 bits per heavy atom. The van der Waals surface area contributed by atoms with Crippen LogP contribution in [0.15, 0.2) is 0 Å². The zero-order valence-electron chi connectivity index (χ0n) is 16.5. The van der Waals surface area contributed by atoms with E-state index in [0.717, 1.165) is 24.2 Å². The smallest absolute Gasteiger partial charge is 0.326 e. The van der Waals surface area contributed by atoms with Crippen LogP contribution in [0.4, 0.5) is 4.79 Å². The first kappa shape index (κ1) is 21.6. The van der Waals surface area contributed by atoms with Crippen LogP contribution in [0.3, 0.4) is 0 Å². The lowest BCUT2D eigenvalue weighted by atomic mass is 9.73. The van der Waals surface area contributed by atoms with E-state index in [2.05, 4.69) is 16.0 Å². The first-order chi connectivity index (χ1) is 13.2. The summed E-state index contributed by atoms with van der Waals surface area (Å²) in [4.78, 5) is 60.9. The van der Waals surface area contributed by atoms with Crippen molar-refractivity contribution >= 4 is 29.7 Å². The van der Waals surface area contributed by atoms with Crippen molar-refractivity contribution in [1.29, 1.82) is 0 Å². The van der Waals surface area contributed by atoms with Crippen LogP contribution < -0.4 is 16.0 Å². The fraction of sp³-hybridized carbons (Fsp3) is 0.722. The topological polar surface area (TPSA) is 134 Å². The van der Waals surface area contributed by atoms with Crippen molar-refractivity contribution in [2.24, 2.45) is 5.92 Å². The van der Waals surface area contributed by atoms with Crippen LogP contribution in [-0.2, 0) is 23.9 Å². The van der Waals surface area contributed by atoms with Gasteiger partial charge in [0.1, 0.15) is 12.1 Å². The highest BCUT2D eigenvalue weighted by Gasteiger charge is 2.55. The molecule has 1 saturated heterocycles. The Morgan fingerprint density at radius 2 is 1.96 bits per heavy atom. The lowest BCUT2D eigenvalue weighted by Gasteiger charge is -2.36. The summed E-state index contributed by atoms with van der Waals surface area (Å²) in [5.41, 5.74) is -0.948. The second kappa shape index (κ2) is 9.03. The SMILES string of the molecule is CC(C)NC(=O)CNC(=O)COC(=O)CN1C(=O)N[C@]2(CCCC[C@@H]2C)C1=O. The minimum Gasteiger partial charge on any atom is -0.454 e. The van der Waals surface area contributed by atoms with E-state index in [0.29, 0.717) is 6.42 Å². The van der Waals surface area contributed by atoms with E-state index in [4.69, 9.17) is 4.74 Å². The van der Waals surface area contributed by atoms with Crippen molar-refractivity contribution in [1.82, 2.24) is 20.9 Å². The van der Waals surface area contributed by atoms with Crippen molar-refractivity contribution in [3.8, 4) is 0 Å². The van der Waals surface area contributed by atoms with Crippen molar-refractivity contribution in [2.75, 3.05) is 19.7 Å². The van der Waals surface area contributed by atoms with E-state index >= 15 is 0 Å². The minimum absolute atomic E-state index is 0.0125. The largest absolute Gasteiger partial charge is 0.454 e. The summed E-state index contributed by atoms with van der Waals surface area (Å²) in [6.45, 7) is 4.10. The van der Waals surface area contributed by atoms with Crippen LogP contribution in [0.2, 0.25) is 0 Å². The maximum absolute atomic E-state index is 12.8. The van der Waals surface area contributed by atoms with Crippen LogP contribution in [0.5, 0.6) is 0 Å². The van der Waals surface area contributed by atoms with E-state index < -0.39 is 42.5 Å². The highest BCUT2D eigenvalue weighted by molar-refractivity contribution is 6.09. The average molecular weight is 396 g/mol. The quantitative estimate of drug-likeness (QED) is 0.399. The third kappa shape index (κ3) is 4.99. The van der Waals surface area contributed by atoms with Crippen molar-refractivity contribution < 1.29 is 28.7 Å². The Hall–Kier alpha value is -2.65. The monoisotopic (exact) mass is 396 g/mol. The molecule has 28 heavy (non-hydrogen) atoms. The van der Waals surface area contributed by atoms with E-state index in [1.807, 2.05) is 6.92 Å². The van der Waals surface area contributed by atoms with Gasteiger partial charge in [-0.2, -0.15) is 0 Å². The Balaban J connectivity index is 1.80. The van der Waals surface area contributed by atoms with Gasteiger partial charge >= 0.3 is 12.0 Å². The maximum Gasteiger partial charge on any atom is 0.326 e. The zero-order chi connectivity index (χ0) is 20.9. The Kier molecular flexibility index (Phi) is 6.98. The van der Waals surface area contributed by atoms with Crippen molar-refractivity contribution in [3.05, 3.63) is 0 Å². The van der Waals surface area contributed by atoms with E-state index in [-0.39, 0.29) is 24.4 Å². The molecule has 2 fully saturated rings. The molecule has 0 radical (unpaired) electrons. The summed E-state index contributed by atoms with van der Waals surface area (Å²) in [5, 5.41) is 7.66. The number of hydrogen-bond acceptors (Lipinski definition) is 6. The van der Waals surface area contributed by atoms with Crippen LogP contribution >= 0.6 is 0 Å². The third-order valence-corrected chi connectivity index (χ3v) is 5.05. The lowest BCUT2D eigenvalue weighted by Crippen LogP contribution is -2.54. The molecule has 2 aliphatic rings. The van der Waals surface area contributed by atoms with Gasteiger partial charge in [-0.25, -0.2) is 4.79 Å². The molecule has 0 unspecified atom stereocenters. The van der Waals surface area contributed by atoms with Gasteiger partial charge in [0, 0.05) is 6.04 Å². The van der Waals surface area contributed by atoms with E-state index in [1.54, 1.807) is 13.8 Å². The molecule has 1 heterocycles. The number of rotatable bonds is 7. The Bertz CT molecular complexity index is 664. The van der Waals surface area contributed by atoms with Gasteiger partial charge in [0.2, 0.25) is 5.91 Å². The molecular weight excluding hydrogens is 368 g/mol.